The minimum absolute atomic E-state index is 0.0250. The number of methoxy groups -OCH3 is 2. The minimum atomic E-state index is -0.881. The van der Waals surface area contributed by atoms with Gasteiger partial charge >= 0.3 is 5.97 Å². The lowest BCUT2D eigenvalue weighted by atomic mass is 9.99. The first-order chi connectivity index (χ1) is 19.2. The van der Waals surface area contributed by atoms with Crippen LogP contribution in [0.2, 0.25) is 0 Å². The van der Waals surface area contributed by atoms with Crippen LogP contribution in [0, 0.1) is 5.92 Å². The second-order valence-corrected chi connectivity index (χ2v) is 10.2. The number of carbonyl (C=O) groups is 2. The van der Waals surface area contributed by atoms with Crippen LogP contribution >= 0.6 is 0 Å². The van der Waals surface area contributed by atoms with Crippen LogP contribution in [0.3, 0.4) is 0 Å². The van der Waals surface area contributed by atoms with Crippen LogP contribution in [-0.2, 0) is 18.9 Å². The fourth-order valence-electron chi connectivity index (χ4n) is 4.68. The summed E-state index contributed by atoms with van der Waals surface area (Å²) in [5.74, 6) is -0.831. The molecule has 9 nitrogen and oxygen atoms in total. The molecule has 4 rings (SSSR count). The number of esters is 1. The van der Waals surface area contributed by atoms with Crippen molar-refractivity contribution in [1.82, 2.24) is 5.32 Å². The molecule has 0 spiro atoms. The van der Waals surface area contributed by atoms with Gasteiger partial charge in [0, 0.05) is 19.7 Å². The lowest BCUT2D eigenvalue weighted by Crippen LogP contribution is -2.38. The van der Waals surface area contributed by atoms with Crippen molar-refractivity contribution in [2.45, 2.75) is 51.3 Å². The van der Waals surface area contributed by atoms with Crippen molar-refractivity contribution in [2.75, 3.05) is 27.6 Å². The molecule has 2 aromatic rings. The highest BCUT2D eigenvalue weighted by Crippen LogP contribution is 2.35. The maximum Gasteiger partial charge on any atom is 0.338 e. The van der Waals surface area contributed by atoms with Gasteiger partial charge in [0.05, 0.1) is 24.3 Å². The Bertz CT molecular complexity index is 1240. The van der Waals surface area contributed by atoms with E-state index in [1.165, 1.54) is 7.11 Å². The largest absolute Gasteiger partial charge is 0.497 e. The molecule has 1 N–H and O–H groups in total. The molecule has 2 aromatic carbocycles. The van der Waals surface area contributed by atoms with Crippen LogP contribution in [0.4, 0.5) is 0 Å². The van der Waals surface area contributed by atoms with E-state index in [1.54, 1.807) is 43.5 Å². The zero-order chi connectivity index (χ0) is 28.7. The highest BCUT2D eigenvalue weighted by atomic mass is 16.8. The fourth-order valence-corrected chi connectivity index (χ4v) is 4.68. The summed E-state index contributed by atoms with van der Waals surface area (Å²) in [6.07, 6.45) is 6.21. The van der Waals surface area contributed by atoms with Gasteiger partial charge in [-0.1, -0.05) is 43.4 Å². The van der Waals surface area contributed by atoms with Crippen molar-refractivity contribution >= 4 is 18.0 Å². The van der Waals surface area contributed by atoms with Crippen molar-refractivity contribution < 1.29 is 38.0 Å². The van der Waals surface area contributed by atoms with Crippen LogP contribution in [0.1, 0.15) is 53.5 Å². The lowest BCUT2D eigenvalue weighted by Gasteiger charge is -2.25. The minimum Gasteiger partial charge on any atom is -0.497 e. The van der Waals surface area contributed by atoms with Gasteiger partial charge in [-0.25, -0.2) is 4.79 Å². The standard InChI is InChI=1S/C31H37NO8/c1-20-14-15-24(38-30(34)21-10-7-6-8-11-21)28-25(39-31(2,3)40-28)13-9-12-22-16-23(36-5)17-26(37-19-35-4)27(22)29(33)32-18-20/h6-12,14-17,20,24-25,28H,13,18-19H2,1-5H3,(H,32,33)/b12-9+,15-14-/t20-,24?,25+,28-/m1/s1. The van der Waals surface area contributed by atoms with E-state index in [0.29, 0.717) is 41.2 Å². The van der Waals surface area contributed by atoms with Gasteiger partial charge in [0.2, 0.25) is 0 Å². The number of nitrogens with one attached hydrogen (secondary N) is 1. The Hall–Kier alpha value is -3.66. The second kappa shape index (κ2) is 13.1. The highest BCUT2D eigenvalue weighted by molar-refractivity contribution is 6.01. The van der Waals surface area contributed by atoms with Crippen molar-refractivity contribution in [3.63, 3.8) is 0 Å². The molecule has 1 unspecified atom stereocenters. The van der Waals surface area contributed by atoms with Gasteiger partial charge in [0.1, 0.15) is 23.7 Å². The summed E-state index contributed by atoms with van der Waals surface area (Å²) >= 11 is 0. The van der Waals surface area contributed by atoms with Crippen molar-refractivity contribution in [3.8, 4) is 11.5 Å². The Balaban J connectivity index is 1.70. The Morgan fingerprint density at radius 1 is 1.10 bits per heavy atom. The normalized spacial score (nSPS) is 25.9. The van der Waals surface area contributed by atoms with E-state index >= 15 is 0 Å². The van der Waals surface area contributed by atoms with Crippen LogP contribution < -0.4 is 14.8 Å². The van der Waals surface area contributed by atoms with Crippen molar-refractivity contribution in [1.29, 1.82) is 0 Å². The Labute approximate surface area is 235 Å². The zero-order valence-corrected chi connectivity index (χ0v) is 23.5. The smallest absolute Gasteiger partial charge is 0.338 e. The van der Waals surface area contributed by atoms with E-state index in [4.69, 9.17) is 28.4 Å². The number of benzene rings is 2. The van der Waals surface area contributed by atoms with Gasteiger partial charge in [-0.3, -0.25) is 4.79 Å². The summed E-state index contributed by atoms with van der Waals surface area (Å²) in [5, 5.41) is 2.99. The number of amides is 1. The number of ether oxygens (including phenoxy) is 6. The number of carbonyl (C=O) groups excluding carboxylic acids is 2. The summed E-state index contributed by atoms with van der Waals surface area (Å²) in [4.78, 5) is 26.4. The SMILES string of the molecule is COCOc1cc(OC)cc2c1C(=O)NC[C@H](C)/C=C\C(OC(=O)c1ccccc1)[C@H]1OC(C)(C)O[C@H]1C/C=C/2. The monoisotopic (exact) mass is 551 g/mol. The Morgan fingerprint density at radius 2 is 1.88 bits per heavy atom. The summed E-state index contributed by atoms with van der Waals surface area (Å²) < 4.78 is 34.8. The summed E-state index contributed by atoms with van der Waals surface area (Å²) in [5.41, 5.74) is 1.43. The summed E-state index contributed by atoms with van der Waals surface area (Å²) in [6, 6.07) is 12.3. The average Bonchev–Trinajstić information content (AvgIpc) is 3.26. The van der Waals surface area contributed by atoms with E-state index in [-0.39, 0.29) is 18.6 Å². The van der Waals surface area contributed by atoms with Gasteiger partial charge < -0.3 is 33.7 Å². The second-order valence-electron chi connectivity index (χ2n) is 10.2. The van der Waals surface area contributed by atoms with E-state index in [1.807, 2.05) is 51.1 Å². The molecule has 2 aliphatic heterocycles. The van der Waals surface area contributed by atoms with Gasteiger partial charge in [-0.15, -0.1) is 0 Å². The molecule has 9 heteroatoms. The molecule has 4 atom stereocenters. The van der Waals surface area contributed by atoms with E-state index in [0.717, 1.165) is 0 Å². The Kier molecular flexibility index (Phi) is 9.63. The maximum atomic E-state index is 13.4. The van der Waals surface area contributed by atoms with Gasteiger partial charge in [0.25, 0.3) is 5.91 Å². The zero-order valence-electron chi connectivity index (χ0n) is 23.5. The molecule has 0 bridgehead atoms. The third kappa shape index (κ3) is 7.29. The number of fused-ring (bicyclic) bond motifs is 2. The van der Waals surface area contributed by atoms with Gasteiger partial charge in [-0.2, -0.15) is 0 Å². The lowest BCUT2D eigenvalue weighted by molar-refractivity contribution is -0.152. The first-order valence-electron chi connectivity index (χ1n) is 13.3. The molecule has 0 aromatic heterocycles. The molecule has 1 saturated heterocycles. The van der Waals surface area contributed by atoms with Crippen LogP contribution in [0.15, 0.2) is 60.7 Å². The van der Waals surface area contributed by atoms with Crippen molar-refractivity contribution in [3.05, 3.63) is 77.4 Å². The molecule has 2 heterocycles. The van der Waals surface area contributed by atoms with E-state index in [2.05, 4.69) is 5.32 Å². The van der Waals surface area contributed by atoms with Crippen LogP contribution in [0.5, 0.6) is 11.5 Å². The predicted molar refractivity (Wildman–Crippen MR) is 149 cm³/mol. The molecule has 1 amide bonds. The first-order valence-corrected chi connectivity index (χ1v) is 13.3. The fraction of sp³-hybridized carbons (Fsp3) is 0.419. The first kappa shape index (κ1) is 29.3. The number of hydrogen-bond acceptors (Lipinski definition) is 8. The molecule has 1 fully saturated rings. The summed E-state index contributed by atoms with van der Waals surface area (Å²) in [6.45, 7) is 5.95. The maximum absolute atomic E-state index is 13.4. The number of hydrogen-bond donors (Lipinski definition) is 1. The van der Waals surface area contributed by atoms with E-state index < -0.39 is 30.1 Å². The molecule has 0 saturated carbocycles. The molecular formula is C31H37NO8. The third-order valence-electron chi connectivity index (χ3n) is 6.58. The predicted octanol–water partition coefficient (Wildman–Crippen LogP) is 4.76. The molecule has 2 aliphatic rings. The van der Waals surface area contributed by atoms with Crippen LogP contribution in [0.25, 0.3) is 6.08 Å². The topological polar surface area (TPSA) is 102 Å². The molecule has 214 valence electrons. The van der Waals surface area contributed by atoms with Gasteiger partial charge in [-0.05, 0) is 56.0 Å². The number of rotatable bonds is 6. The molecule has 0 radical (unpaired) electrons. The highest BCUT2D eigenvalue weighted by Gasteiger charge is 2.45. The van der Waals surface area contributed by atoms with Crippen LogP contribution in [-0.4, -0.2) is 63.5 Å². The Morgan fingerprint density at radius 3 is 2.60 bits per heavy atom. The quantitative estimate of drug-likeness (QED) is 0.312. The van der Waals surface area contributed by atoms with E-state index in [9.17, 15) is 9.59 Å². The average molecular weight is 552 g/mol. The molecular weight excluding hydrogens is 514 g/mol. The summed E-state index contributed by atoms with van der Waals surface area (Å²) in [7, 11) is 3.06. The molecule has 0 aliphatic carbocycles. The van der Waals surface area contributed by atoms with Gasteiger partial charge in [0.15, 0.2) is 12.6 Å². The van der Waals surface area contributed by atoms with Crippen molar-refractivity contribution in [2.24, 2.45) is 5.92 Å². The molecule has 40 heavy (non-hydrogen) atoms. The third-order valence-corrected chi connectivity index (χ3v) is 6.58.